The maximum atomic E-state index is 13.8. The molecule has 0 fully saturated rings. The highest BCUT2D eigenvalue weighted by Crippen LogP contribution is 2.22. The van der Waals surface area contributed by atoms with Crippen LogP contribution in [0.3, 0.4) is 0 Å². The molecule has 2 N–H and O–H groups in total. The summed E-state index contributed by atoms with van der Waals surface area (Å²) in [6.45, 7) is 6.72. The quantitative estimate of drug-likeness (QED) is 0.658. The number of hydrogen-bond donors (Lipinski definition) is 2. The molecule has 0 bridgehead atoms. The van der Waals surface area contributed by atoms with Gasteiger partial charge in [-0.1, -0.05) is 20.8 Å². The third kappa shape index (κ3) is 5.05. The van der Waals surface area contributed by atoms with Gasteiger partial charge in [0.2, 0.25) is 5.89 Å². The largest absolute Gasteiger partial charge is 0.443 e. The molecule has 0 unspecified atom stereocenters. The SMILES string of the molecule is CN=C(NCc1ncc(C(C)(C)C)o1)NCc1cc(C#N)ccc1F. The Morgan fingerprint density at radius 3 is 2.64 bits per heavy atom. The minimum atomic E-state index is -0.371. The predicted molar refractivity (Wildman–Crippen MR) is 93.4 cm³/mol. The third-order valence-corrected chi connectivity index (χ3v) is 3.54. The van der Waals surface area contributed by atoms with Crippen LogP contribution in [-0.2, 0) is 18.5 Å². The number of halogens is 1. The Hall–Kier alpha value is -2.88. The Morgan fingerprint density at radius 2 is 2.04 bits per heavy atom. The van der Waals surface area contributed by atoms with Gasteiger partial charge < -0.3 is 15.1 Å². The van der Waals surface area contributed by atoms with Crippen molar-refractivity contribution in [1.29, 1.82) is 5.26 Å². The van der Waals surface area contributed by atoms with Crippen molar-refractivity contribution in [1.82, 2.24) is 15.6 Å². The van der Waals surface area contributed by atoms with Gasteiger partial charge in [0.1, 0.15) is 11.6 Å². The van der Waals surface area contributed by atoms with Crippen LogP contribution in [0, 0.1) is 17.1 Å². The lowest BCUT2D eigenvalue weighted by molar-refractivity contribution is 0.379. The van der Waals surface area contributed by atoms with E-state index in [4.69, 9.17) is 9.68 Å². The second-order valence-corrected chi connectivity index (χ2v) is 6.57. The zero-order chi connectivity index (χ0) is 18.4. The first kappa shape index (κ1) is 18.5. The van der Waals surface area contributed by atoms with E-state index in [1.165, 1.54) is 18.2 Å². The van der Waals surface area contributed by atoms with Gasteiger partial charge in [0.25, 0.3) is 0 Å². The first-order valence-electron chi connectivity index (χ1n) is 7.91. The highest BCUT2D eigenvalue weighted by atomic mass is 19.1. The van der Waals surface area contributed by atoms with Crippen LogP contribution in [0.25, 0.3) is 0 Å². The van der Waals surface area contributed by atoms with Gasteiger partial charge in [-0.25, -0.2) is 9.37 Å². The van der Waals surface area contributed by atoms with Gasteiger partial charge in [0, 0.05) is 24.6 Å². The van der Waals surface area contributed by atoms with Crippen molar-refractivity contribution in [2.75, 3.05) is 7.05 Å². The van der Waals surface area contributed by atoms with Gasteiger partial charge >= 0.3 is 0 Å². The lowest BCUT2D eigenvalue weighted by Gasteiger charge is -2.13. The lowest BCUT2D eigenvalue weighted by atomic mass is 9.94. The summed E-state index contributed by atoms with van der Waals surface area (Å²) in [6.07, 6.45) is 1.72. The molecule has 0 aliphatic rings. The Morgan fingerprint density at radius 1 is 1.32 bits per heavy atom. The molecule has 0 saturated heterocycles. The summed E-state index contributed by atoms with van der Waals surface area (Å²) < 4.78 is 19.5. The van der Waals surface area contributed by atoms with Gasteiger partial charge in [-0.2, -0.15) is 5.26 Å². The van der Waals surface area contributed by atoms with Crippen LogP contribution in [0.2, 0.25) is 0 Å². The second-order valence-electron chi connectivity index (χ2n) is 6.57. The van der Waals surface area contributed by atoms with E-state index in [0.717, 1.165) is 5.76 Å². The van der Waals surface area contributed by atoms with Crippen molar-refractivity contribution in [3.63, 3.8) is 0 Å². The lowest BCUT2D eigenvalue weighted by Crippen LogP contribution is -2.36. The van der Waals surface area contributed by atoms with Crippen molar-refractivity contribution in [2.24, 2.45) is 4.99 Å². The second kappa shape index (κ2) is 7.79. The summed E-state index contributed by atoms with van der Waals surface area (Å²) in [5.74, 6) is 1.47. The molecule has 0 aliphatic carbocycles. The van der Waals surface area contributed by atoms with E-state index in [2.05, 4.69) is 41.4 Å². The van der Waals surface area contributed by atoms with Gasteiger partial charge in [-0.3, -0.25) is 4.99 Å². The average Bonchev–Trinajstić information content (AvgIpc) is 3.05. The number of guanidine groups is 1. The standard InChI is InChI=1S/C18H22FN5O/c1-18(2,3)15-10-22-16(25-15)11-24-17(21-4)23-9-13-7-12(8-20)5-6-14(13)19/h5-7,10H,9,11H2,1-4H3,(H2,21,23,24). The molecule has 0 radical (unpaired) electrons. The Bertz CT molecular complexity index is 799. The summed E-state index contributed by atoms with van der Waals surface area (Å²) >= 11 is 0. The van der Waals surface area contributed by atoms with Crippen molar-refractivity contribution >= 4 is 5.96 Å². The first-order valence-corrected chi connectivity index (χ1v) is 7.91. The number of nitriles is 1. The number of oxazole rings is 1. The molecule has 1 aromatic carbocycles. The van der Waals surface area contributed by atoms with Crippen molar-refractivity contribution < 1.29 is 8.81 Å². The number of nitrogens with one attached hydrogen (secondary N) is 2. The zero-order valence-corrected chi connectivity index (χ0v) is 14.9. The minimum absolute atomic E-state index is 0.103. The van der Waals surface area contributed by atoms with Gasteiger partial charge in [-0.15, -0.1) is 0 Å². The highest BCUT2D eigenvalue weighted by molar-refractivity contribution is 5.79. The van der Waals surface area contributed by atoms with E-state index in [1.807, 2.05) is 6.07 Å². The summed E-state index contributed by atoms with van der Waals surface area (Å²) in [5, 5.41) is 15.0. The van der Waals surface area contributed by atoms with Crippen LogP contribution in [-0.4, -0.2) is 18.0 Å². The molecule has 7 heteroatoms. The van der Waals surface area contributed by atoms with E-state index in [1.54, 1.807) is 13.2 Å². The van der Waals surface area contributed by atoms with Crippen molar-refractivity contribution in [2.45, 2.75) is 39.3 Å². The van der Waals surface area contributed by atoms with Crippen LogP contribution in [0.1, 0.15) is 43.5 Å². The fourth-order valence-corrected chi connectivity index (χ4v) is 2.08. The van der Waals surface area contributed by atoms with E-state index in [-0.39, 0.29) is 17.8 Å². The molecule has 1 heterocycles. The highest BCUT2D eigenvalue weighted by Gasteiger charge is 2.19. The fourth-order valence-electron chi connectivity index (χ4n) is 2.08. The van der Waals surface area contributed by atoms with Crippen LogP contribution in [0.5, 0.6) is 0 Å². The molecule has 0 spiro atoms. The molecule has 2 aromatic rings. The molecule has 1 aromatic heterocycles. The number of rotatable bonds is 4. The summed E-state index contributed by atoms with van der Waals surface area (Å²) in [5.41, 5.74) is 0.706. The Balaban J connectivity index is 1.93. The monoisotopic (exact) mass is 343 g/mol. The zero-order valence-electron chi connectivity index (χ0n) is 14.9. The van der Waals surface area contributed by atoms with Crippen LogP contribution >= 0.6 is 0 Å². The minimum Gasteiger partial charge on any atom is -0.443 e. The number of hydrogen-bond acceptors (Lipinski definition) is 4. The maximum Gasteiger partial charge on any atom is 0.213 e. The molecule has 0 saturated carbocycles. The number of aromatic nitrogens is 1. The number of aliphatic imine (C=N–C) groups is 1. The summed E-state index contributed by atoms with van der Waals surface area (Å²) in [4.78, 5) is 8.32. The van der Waals surface area contributed by atoms with E-state index >= 15 is 0 Å². The van der Waals surface area contributed by atoms with Crippen molar-refractivity contribution in [3.8, 4) is 6.07 Å². The summed E-state index contributed by atoms with van der Waals surface area (Å²) in [7, 11) is 1.62. The third-order valence-electron chi connectivity index (χ3n) is 3.54. The molecular formula is C18H22FN5O. The van der Waals surface area contributed by atoms with Gasteiger partial charge in [0.05, 0.1) is 24.4 Å². The predicted octanol–water partition coefficient (Wildman–Crippen LogP) is 2.85. The van der Waals surface area contributed by atoms with Crippen LogP contribution in [0.4, 0.5) is 4.39 Å². The van der Waals surface area contributed by atoms with Crippen LogP contribution in [0.15, 0.2) is 33.8 Å². The molecule has 25 heavy (non-hydrogen) atoms. The van der Waals surface area contributed by atoms with Crippen molar-refractivity contribution in [3.05, 3.63) is 53.0 Å². The molecule has 0 amide bonds. The Kier molecular flexibility index (Phi) is 5.75. The van der Waals surface area contributed by atoms with E-state index < -0.39 is 0 Å². The molecule has 0 atom stereocenters. The van der Waals surface area contributed by atoms with E-state index in [0.29, 0.717) is 29.5 Å². The van der Waals surface area contributed by atoms with Gasteiger partial charge in [-0.05, 0) is 18.2 Å². The summed E-state index contributed by atoms with van der Waals surface area (Å²) in [6, 6.07) is 6.24. The molecule has 6 nitrogen and oxygen atoms in total. The Labute approximate surface area is 146 Å². The fraction of sp³-hybridized carbons (Fsp3) is 0.389. The van der Waals surface area contributed by atoms with E-state index in [9.17, 15) is 4.39 Å². The molecule has 2 rings (SSSR count). The topological polar surface area (TPSA) is 86.2 Å². The molecule has 0 aliphatic heterocycles. The molecular weight excluding hydrogens is 321 g/mol. The average molecular weight is 343 g/mol. The number of nitrogens with zero attached hydrogens (tertiary/aromatic N) is 3. The maximum absolute atomic E-state index is 13.8. The smallest absolute Gasteiger partial charge is 0.213 e. The normalized spacial score (nSPS) is 11.9. The molecule has 132 valence electrons. The van der Waals surface area contributed by atoms with Crippen LogP contribution < -0.4 is 10.6 Å². The van der Waals surface area contributed by atoms with Gasteiger partial charge in [0.15, 0.2) is 5.96 Å². The first-order chi connectivity index (χ1) is 11.8. The number of benzene rings is 1.